The highest BCUT2D eigenvalue weighted by molar-refractivity contribution is 4.92. The molecule has 2 fully saturated rings. The lowest BCUT2D eigenvalue weighted by atomic mass is 9.96. The monoisotopic (exact) mass is 283 g/mol. The molecule has 1 aliphatic carbocycles. The Kier molecular flexibility index (Phi) is 5.84. The summed E-state index contributed by atoms with van der Waals surface area (Å²) in [6.07, 6.45) is 7.48. The third-order valence-corrected chi connectivity index (χ3v) is 4.94. The second-order valence-electron chi connectivity index (χ2n) is 7.28. The van der Waals surface area contributed by atoms with Gasteiger partial charge in [0.25, 0.3) is 0 Å². The second kappa shape index (κ2) is 7.21. The lowest BCUT2D eigenvalue weighted by Crippen LogP contribution is -2.47. The van der Waals surface area contributed by atoms with Crippen LogP contribution in [0.25, 0.3) is 0 Å². The van der Waals surface area contributed by atoms with Crippen molar-refractivity contribution >= 4 is 0 Å². The largest absolute Gasteiger partial charge is 0.394 e. The van der Waals surface area contributed by atoms with Crippen LogP contribution in [-0.2, 0) is 0 Å². The van der Waals surface area contributed by atoms with Crippen LogP contribution < -0.4 is 5.32 Å². The van der Waals surface area contributed by atoms with Crippen molar-refractivity contribution in [1.29, 1.82) is 0 Å². The summed E-state index contributed by atoms with van der Waals surface area (Å²) in [6, 6.07) is 1.41. The molecule has 0 amide bonds. The van der Waals surface area contributed by atoms with E-state index in [0.717, 1.165) is 25.4 Å². The molecule has 0 spiro atoms. The van der Waals surface area contributed by atoms with Gasteiger partial charge in [0.2, 0.25) is 0 Å². The Labute approximate surface area is 124 Å². The molecule has 1 saturated heterocycles. The molecule has 4 nitrogen and oxygen atoms in total. The number of nitrogens with one attached hydrogen (secondary N) is 1. The first-order valence-electron chi connectivity index (χ1n) is 8.30. The molecule has 1 aliphatic heterocycles. The van der Waals surface area contributed by atoms with Crippen molar-refractivity contribution in [3.05, 3.63) is 0 Å². The van der Waals surface area contributed by atoms with E-state index in [4.69, 9.17) is 0 Å². The Balaban J connectivity index is 1.63. The van der Waals surface area contributed by atoms with E-state index in [1.165, 1.54) is 38.8 Å². The van der Waals surface area contributed by atoms with E-state index in [0.29, 0.717) is 6.04 Å². The molecule has 0 aromatic carbocycles. The number of likely N-dealkylation sites (N-methyl/N-ethyl adjacent to an activating group) is 2. The molecule has 2 rings (SSSR count). The zero-order valence-electron chi connectivity index (χ0n) is 13.6. The fourth-order valence-corrected chi connectivity index (χ4v) is 3.32. The van der Waals surface area contributed by atoms with Crippen LogP contribution in [0.4, 0.5) is 0 Å². The first-order chi connectivity index (χ1) is 9.52. The molecule has 4 heteroatoms. The van der Waals surface area contributed by atoms with E-state index in [1.807, 2.05) is 0 Å². The average molecular weight is 283 g/mol. The van der Waals surface area contributed by atoms with Crippen molar-refractivity contribution in [2.24, 2.45) is 0 Å². The summed E-state index contributed by atoms with van der Waals surface area (Å²) in [6.45, 7) is 5.98. The average Bonchev–Trinajstić information content (AvgIpc) is 3.12. The van der Waals surface area contributed by atoms with Crippen LogP contribution in [0.2, 0.25) is 0 Å². The fraction of sp³-hybridized carbons (Fsp3) is 1.00. The van der Waals surface area contributed by atoms with E-state index in [-0.39, 0.29) is 12.1 Å². The number of rotatable bonds is 9. The van der Waals surface area contributed by atoms with Gasteiger partial charge in [-0.1, -0.05) is 0 Å². The van der Waals surface area contributed by atoms with Gasteiger partial charge in [0.1, 0.15) is 0 Å². The minimum Gasteiger partial charge on any atom is -0.394 e. The minimum absolute atomic E-state index is 0.0772. The van der Waals surface area contributed by atoms with Crippen LogP contribution in [0.1, 0.15) is 45.4 Å². The summed E-state index contributed by atoms with van der Waals surface area (Å²) in [5.74, 6) is 0. The number of nitrogens with zero attached hydrogens (tertiary/aromatic N) is 2. The van der Waals surface area contributed by atoms with Crippen LogP contribution in [0, 0.1) is 0 Å². The number of aliphatic hydroxyl groups excluding tert-OH is 1. The fourth-order valence-electron chi connectivity index (χ4n) is 3.32. The zero-order chi connectivity index (χ0) is 14.6. The van der Waals surface area contributed by atoms with Crippen molar-refractivity contribution in [2.45, 2.75) is 63.1 Å². The molecular weight excluding hydrogens is 250 g/mol. The lowest BCUT2D eigenvalue weighted by molar-refractivity contribution is 0.153. The van der Waals surface area contributed by atoms with Crippen LogP contribution in [0.3, 0.4) is 0 Å². The third kappa shape index (κ3) is 4.99. The Morgan fingerprint density at radius 1 is 1.35 bits per heavy atom. The van der Waals surface area contributed by atoms with Gasteiger partial charge in [-0.2, -0.15) is 0 Å². The van der Waals surface area contributed by atoms with E-state index < -0.39 is 0 Å². The molecule has 2 unspecified atom stereocenters. The summed E-state index contributed by atoms with van der Waals surface area (Å²) in [5, 5.41) is 13.2. The summed E-state index contributed by atoms with van der Waals surface area (Å²) < 4.78 is 0. The van der Waals surface area contributed by atoms with Crippen molar-refractivity contribution in [3.63, 3.8) is 0 Å². The minimum atomic E-state index is -0.0772. The van der Waals surface area contributed by atoms with E-state index in [9.17, 15) is 5.11 Å². The summed E-state index contributed by atoms with van der Waals surface area (Å²) in [5.41, 5.74) is -0.0772. The maximum absolute atomic E-state index is 9.61. The second-order valence-corrected chi connectivity index (χ2v) is 7.28. The molecule has 1 heterocycles. The number of aliphatic hydroxyl groups is 1. The van der Waals surface area contributed by atoms with Crippen LogP contribution >= 0.6 is 0 Å². The van der Waals surface area contributed by atoms with Gasteiger partial charge in [-0.05, 0) is 72.6 Å². The number of hydrogen-bond acceptors (Lipinski definition) is 4. The van der Waals surface area contributed by atoms with Gasteiger partial charge >= 0.3 is 0 Å². The van der Waals surface area contributed by atoms with Gasteiger partial charge in [0, 0.05) is 24.2 Å². The van der Waals surface area contributed by atoms with Gasteiger partial charge in [-0.25, -0.2) is 0 Å². The Bertz CT molecular complexity index is 295. The topological polar surface area (TPSA) is 38.7 Å². The van der Waals surface area contributed by atoms with Gasteiger partial charge in [-0.15, -0.1) is 0 Å². The third-order valence-electron chi connectivity index (χ3n) is 4.94. The first kappa shape index (κ1) is 16.2. The van der Waals surface area contributed by atoms with Gasteiger partial charge in [-0.3, -0.25) is 0 Å². The molecule has 0 bridgehead atoms. The smallest absolute Gasteiger partial charge is 0.0610 e. The maximum Gasteiger partial charge on any atom is 0.0610 e. The number of hydrogen-bond donors (Lipinski definition) is 2. The van der Waals surface area contributed by atoms with Crippen molar-refractivity contribution < 1.29 is 5.11 Å². The molecule has 0 radical (unpaired) electrons. The van der Waals surface area contributed by atoms with Crippen LogP contribution in [0.5, 0.6) is 0 Å². The molecule has 1 saturated carbocycles. The molecule has 0 aromatic rings. The van der Waals surface area contributed by atoms with Crippen LogP contribution in [-0.4, -0.2) is 72.9 Å². The van der Waals surface area contributed by atoms with Crippen molar-refractivity contribution in [3.8, 4) is 0 Å². The van der Waals surface area contributed by atoms with E-state index >= 15 is 0 Å². The Morgan fingerprint density at radius 2 is 2.10 bits per heavy atom. The molecule has 20 heavy (non-hydrogen) atoms. The van der Waals surface area contributed by atoms with E-state index in [1.54, 1.807) is 0 Å². The Morgan fingerprint density at radius 3 is 2.65 bits per heavy atom. The van der Waals surface area contributed by atoms with E-state index in [2.05, 4.69) is 36.1 Å². The molecule has 2 atom stereocenters. The first-order valence-corrected chi connectivity index (χ1v) is 8.30. The highest BCUT2D eigenvalue weighted by Crippen LogP contribution is 2.24. The predicted octanol–water partition coefficient (Wildman–Crippen LogP) is 1.30. The predicted molar refractivity (Wildman–Crippen MR) is 84.0 cm³/mol. The quantitative estimate of drug-likeness (QED) is 0.669. The Hall–Kier alpha value is -0.160. The van der Waals surface area contributed by atoms with Crippen molar-refractivity contribution in [1.82, 2.24) is 15.1 Å². The standard InChI is InChI=1S/C16H33N3O/c1-16(13-20,17-14-7-8-14)9-5-10-18(2)12-15-6-4-11-19(15)3/h14-15,17,20H,4-13H2,1-3H3. The summed E-state index contributed by atoms with van der Waals surface area (Å²) in [4.78, 5) is 4.95. The van der Waals surface area contributed by atoms with Gasteiger partial charge in [0.05, 0.1) is 6.61 Å². The molecule has 2 aliphatic rings. The molecule has 118 valence electrons. The summed E-state index contributed by atoms with van der Waals surface area (Å²) >= 11 is 0. The number of likely N-dealkylation sites (tertiary alicyclic amines) is 1. The maximum atomic E-state index is 9.61. The molecular formula is C16H33N3O. The highest BCUT2D eigenvalue weighted by atomic mass is 16.3. The summed E-state index contributed by atoms with van der Waals surface area (Å²) in [7, 11) is 4.48. The molecule has 0 aromatic heterocycles. The van der Waals surface area contributed by atoms with Gasteiger partial charge < -0.3 is 20.2 Å². The normalized spacial score (nSPS) is 27.1. The van der Waals surface area contributed by atoms with Gasteiger partial charge in [0.15, 0.2) is 0 Å². The SMILES string of the molecule is CN(CCCC(C)(CO)NC1CC1)CC1CCCN1C. The van der Waals surface area contributed by atoms with Crippen molar-refractivity contribution in [2.75, 3.05) is 40.3 Å². The molecule has 2 N–H and O–H groups in total. The zero-order valence-corrected chi connectivity index (χ0v) is 13.6. The lowest BCUT2D eigenvalue weighted by Gasteiger charge is -2.31. The van der Waals surface area contributed by atoms with Crippen LogP contribution in [0.15, 0.2) is 0 Å². The highest BCUT2D eigenvalue weighted by Gasteiger charge is 2.31.